The van der Waals surface area contributed by atoms with Gasteiger partial charge in [0.05, 0.1) is 5.69 Å². The molecule has 1 aromatic rings. The highest BCUT2D eigenvalue weighted by atomic mass is 127. The number of hydrogen-bond acceptors (Lipinski definition) is 3. The summed E-state index contributed by atoms with van der Waals surface area (Å²) in [6.07, 6.45) is 4.61. The molecule has 1 saturated heterocycles. The van der Waals surface area contributed by atoms with Gasteiger partial charge in [0.15, 0.2) is 0 Å². The number of anilines is 1. The van der Waals surface area contributed by atoms with E-state index >= 15 is 0 Å². The van der Waals surface area contributed by atoms with E-state index in [4.69, 9.17) is 16.3 Å². The molecule has 0 saturated carbocycles. The Kier molecular flexibility index (Phi) is 5.89. The summed E-state index contributed by atoms with van der Waals surface area (Å²) in [4.78, 5) is 17.3. The van der Waals surface area contributed by atoms with Crippen LogP contribution in [0.25, 0.3) is 6.08 Å². The molecule has 0 radical (unpaired) electrons. The highest BCUT2D eigenvalue weighted by Gasteiger charge is 2.34. The molecule has 1 aromatic carbocycles. The van der Waals surface area contributed by atoms with Gasteiger partial charge in [-0.2, -0.15) is 0 Å². The first-order chi connectivity index (χ1) is 12.1. The number of likely N-dealkylation sites (tertiary alicyclic amines) is 1. The molecule has 1 aliphatic carbocycles. The summed E-state index contributed by atoms with van der Waals surface area (Å²) < 4.78 is 7.03. The smallest absolute Gasteiger partial charge is 0.415 e. The molecule has 4 nitrogen and oxygen atoms in total. The summed E-state index contributed by atoms with van der Waals surface area (Å²) in [6, 6.07) is 4.04. The highest BCUT2D eigenvalue weighted by molar-refractivity contribution is 14.1. The number of piperidine rings is 1. The van der Waals surface area contributed by atoms with E-state index in [0.29, 0.717) is 5.02 Å². The maximum Gasteiger partial charge on any atom is 0.415 e. The van der Waals surface area contributed by atoms with E-state index in [1.807, 2.05) is 37.8 Å². The topological polar surface area (TPSA) is 32.8 Å². The molecular weight excluding hydrogens is 463 g/mol. The average molecular weight is 489 g/mol. The molecule has 1 heterocycles. The number of amides is 1. The van der Waals surface area contributed by atoms with Crippen LogP contribution in [0.5, 0.6) is 0 Å². The number of allylic oxidation sites excluding steroid dienone is 1. The van der Waals surface area contributed by atoms with Gasteiger partial charge in [-0.25, -0.2) is 4.79 Å². The predicted octanol–water partition coefficient (Wildman–Crippen LogP) is 5.51. The van der Waals surface area contributed by atoms with Gasteiger partial charge >= 0.3 is 6.09 Å². The van der Waals surface area contributed by atoms with Crippen molar-refractivity contribution in [3.05, 3.63) is 31.9 Å². The first kappa shape index (κ1) is 20.0. The van der Waals surface area contributed by atoms with Crippen molar-refractivity contribution >= 4 is 52.0 Å². The van der Waals surface area contributed by atoms with Crippen molar-refractivity contribution in [3.63, 3.8) is 0 Å². The second-order valence-corrected chi connectivity index (χ2v) is 9.97. The van der Waals surface area contributed by atoms with Crippen molar-refractivity contribution in [1.29, 1.82) is 0 Å². The maximum atomic E-state index is 13.2. The Labute approximate surface area is 174 Å². The van der Waals surface area contributed by atoms with Crippen molar-refractivity contribution in [3.8, 4) is 0 Å². The molecule has 26 heavy (non-hydrogen) atoms. The van der Waals surface area contributed by atoms with E-state index in [2.05, 4.69) is 40.6 Å². The van der Waals surface area contributed by atoms with Gasteiger partial charge in [0, 0.05) is 23.0 Å². The molecule has 0 atom stereocenters. The van der Waals surface area contributed by atoms with Crippen LogP contribution in [0.15, 0.2) is 15.7 Å². The van der Waals surface area contributed by atoms with Gasteiger partial charge in [-0.05, 0) is 104 Å². The van der Waals surface area contributed by atoms with E-state index in [1.165, 1.54) is 9.14 Å². The van der Waals surface area contributed by atoms with Gasteiger partial charge in [-0.1, -0.05) is 11.6 Å². The monoisotopic (exact) mass is 488 g/mol. The Morgan fingerprint density at radius 1 is 1.31 bits per heavy atom. The number of halogens is 2. The largest absolute Gasteiger partial charge is 0.443 e. The fourth-order valence-electron chi connectivity index (χ4n) is 3.57. The molecule has 0 spiro atoms. The lowest BCUT2D eigenvalue weighted by atomic mass is 10.0. The molecule has 142 valence electrons. The Hall–Kier alpha value is -0.790. The number of fused-ring (bicyclic) bond motifs is 1. The van der Waals surface area contributed by atoms with Crippen LogP contribution in [0.2, 0.25) is 5.02 Å². The fraction of sp³-hybridized carbons (Fsp3) is 0.550. The first-order valence-electron chi connectivity index (χ1n) is 9.03. The molecule has 0 unspecified atom stereocenters. The van der Waals surface area contributed by atoms with Gasteiger partial charge in [0.2, 0.25) is 0 Å². The van der Waals surface area contributed by atoms with Crippen molar-refractivity contribution in [2.75, 3.05) is 25.0 Å². The van der Waals surface area contributed by atoms with Gasteiger partial charge in [-0.3, -0.25) is 4.90 Å². The van der Waals surface area contributed by atoms with E-state index in [9.17, 15) is 4.79 Å². The lowest BCUT2D eigenvalue weighted by Gasteiger charge is -2.38. The third-order valence-corrected chi connectivity index (χ3v) is 5.68. The summed E-state index contributed by atoms with van der Waals surface area (Å²) in [5, 5.41) is 0.666. The number of rotatable bonds is 2. The normalized spacial score (nSPS) is 18.5. The standard InChI is InChI=1S/C20H26ClIN2O2/c1-20(2,3)26-19(25)24(16-5-7-23(4)8-6-16)18-11-14(21)9-13-10-15(22)12-17(13)18/h9,11-12,16H,5-8,10H2,1-4H3. The van der Waals surface area contributed by atoms with Gasteiger partial charge < -0.3 is 9.64 Å². The summed E-state index contributed by atoms with van der Waals surface area (Å²) in [5.41, 5.74) is 2.62. The van der Waals surface area contributed by atoms with Crippen molar-refractivity contribution in [1.82, 2.24) is 4.90 Å². The molecule has 2 aliphatic rings. The molecular formula is C20H26ClIN2O2. The minimum atomic E-state index is -0.535. The molecule has 1 amide bonds. The minimum absolute atomic E-state index is 0.121. The van der Waals surface area contributed by atoms with Crippen LogP contribution in [0, 0.1) is 0 Å². The zero-order chi connectivity index (χ0) is 19.1. The summed E-state index contributed by atoms with van der Waals surface area (Å²) in [7, 11) is 2.12. The molecule has 0 N–H and O–H groups in total. The van der Waals surface area contributed by atoms with Crippen molar-refractivity contribution < 1.29 is 9.53 Å². The number of ether oxygens (including phenoxy) is 1. The second-order valence-electron chi connectivity index (χ2n) is 8.15. The van der Waals surface area contributed by atoms with Crippen LogP contribution in [0.3, 0.4) is 0 Å². The highest BCUT2D eigenvalue weighted by Crippen LogP contribution is 2.40. The zero-order valence-electron chi connectivity index (χ0n) is 15.8. The summed E-state index contributed by atoms with van der Waals surface area (Å²) >= 11 is 8.76. The van der Waals surface area contributed by atoms with Crippen LogP contribution in [-0.2, 0) is 11.2 Å². The van der Waals surface area contributed by atoms with Gasteiger partial charge in [0.25, 0.3) is 0 Å². The van der Waals surface area contributed by atoms with Crippen LogP contribution in [0.4, 0.5) is 10.5 Å². The van der Waals surface area contributed by atoms with Crippen molar-refractivity contribution in [2.45, 2.75) is 51.7 Å². The second kappa shape index (κ2) is 7.68. The first-order valence-corrected chi connectivity index (χ1v) is 10.5. The maximum absolute atomic E-state index is 13.2. The van der Waals surface area contributed by atoms with E-state index < -0.39 is 5.60 Å². The van der Waals surface area contributed by atoms with E-state index in [0.717, 1.165) is 43.6 Å². The number of carbonyl (C=O) groups excluding carboxylic acids is 1. The van der Waals surface area contributed by atoms with Crippen LogP contribution >= 0.6 is 34.2 Å². The average Bonchev–Trinajstić information content (AvgIpc) is 2.87. The van der Waals surface area contributed by atoms with Gasteiger partial charge in [-0.15, -0.1) is 0 Å². The Morgan fingerprint density at radius 3 is 2.58 bits per heavy atom. The molecule has 3 rings (SSSR count). The lowest BCUT2D eigenvalue weighted by molar-refractivity contribution is 0.0551. The predicted molar refractivity (Wildman–Crippen MR) is 116 cm³/mol. The van der Waals surface area contributed by atoms with Gasteiger partial charge in [0.1, 0.15) is 5.60 Å². The van der Waals surface area contributed by atoms with E-state index in [-0.39, 0.29) is 12.1 Å². The van der Waals surface area contributed by atoms with Crippen LogP contribution < -0.4 is 4.90 Å². The minimum Gasteiger partial charge on any atom is -0.443 e. The third kappa shape index (κ3) is 4.54. The summed E-state index contributed by atoms with van der Waals surface area (Å²) in [5.74, 6) is 0. The molecule has 6 heteroatoms. The molecule has 0 bridgehead atoms. The Morgan fingerprint density at radius 2 is 1.96 bits per heavy atom. The SMILES string of the molecule is CN1CCC(N(C(=O)OC(C)(C)C)c2cc(Cl)cc3c2C=C(I)C3)CC1. The van der Waals surface area contributed by atoms with Crippen LogP contribution in [-0.4, -0.2) is 42.8 Å². The Balaban J connectivity index is 2.03. The van der Waals surface area contributed by atoms with Crippen molar-refractivity contribution in [2.24, 2.45) is 0 Å². The summed E-state index contributed by atoms with van der Waals surface area (Å²) in [6.45, 7) is 7.66. The number of benzene rings is 1. The Bertz CT molecular complexity index is 734. The fourth-order valence-corrected chi connectivity index (χ4v) is 4.53. The number of hydrogen-bond donors (Lipinski definition) is 0. The van der Waals surface area contributed by atoms with Crippen LogP contribution in [0.1, 0.15) is 44.7 Å². The zero-order valence-corrected chi connectivity index (χ0v) is 18.7. The molecule has 1 aliphatic heterocycles. The lowest BCUT2D eigenvalue weighted by Crippen LogP contribution is -2.48. The third-order valence-electron chi connectivity index (χ3n) is 4.77. The van der Waals surface area contributed by atoms with E-state index in [1.54, 1.807) is 0 Å². The molecule has 1 fully saturated rings. The molecule has 0 aromatic heterocycles. The quantitative estimate of drug-likeness (QED) is 0.515. The number of nitrogens with zero attached hydrogens (tertiary/aromatic N) is 2. The number of carbonyl (C=O) groups is 1.